The molecule has 0 saturated heterocycles. The minimum absolute atomic E-state index is 0.127. The summed E-state index contributed by atoms with van der Waals surface area (Å²) >= 11 is 0. The zero-order valence-electron chi connectivity index (χ0n) is 13.1. The van der Waals surface area contributed by atoms with Gasteiger partial charge in [-0.15, -0.1) is 0 Å². The van der Waals surface area contributed by atoms with Crippen molar-refractivity contribution in [2.24, 2.45) is 5.10 Å². The van der Waals surface area contributed by atoms with E-state index in [1.54, 1.807) is 20.4 Å². The first-order valence-electron chi connectivity index (χ1n) is 7.05. The lowest BCUT2D eigenvalue weighted by Crippen LogP contribution is -2.25. The molecule has 0 aliphatic carbocycles. The summed E-state index contributed by atoms with van der Waals surface area (Å²) in [5, 5.41) is 6.92. The molecule has 0 saturated carbocycles. The summed E-state index contributed by atoms with van der Waals surface area (Å²) in [4.78, 5) is 11.7. The Labute approximate surface area is 135 Å². The summed E-state index contributed by atoms with van der Waals surface area (Å²) in [6.07, 6.45) is 1.56. The lowest BCUT2D eigenvalue weighted by Gasteiger charge is -2.06. The van der Waals surface area contributed by atoms with Gasteiger partial charge in [0.15, 0.2) is 0 Å². The monoisotopic (exact) mass is 313 g/mol. The van der Waals surface area contributed by atoms with Crippen LogP contribution in [-0.4, -0.2) is 32.9 Å². The first kappa shape index (κ1) is 16.4. The fraction of sp³-hybridized carbons (Fsp3) is 0.176. The minimum Gasteiger partial charge on any atom is -0.497 e. The highest BCUT2D eigenvalue weighted by Crippen LogP contribution is 2.14. The second-order valence-corrected chi connectivity index (χ2v) is 4.65. The molecule has 2 aromatic rings. The minimum atomic E-state index is -0.236. The predicted octanol–water partition coefficient (Wildman–Crippen LogP) is 2.27. The first-order chi connectivity index (χ1) is 11.2. The summed E-state index contributed by atoms with van der Waals surface area (Å²) in [6.45, 7) is 0.127. The highest BCUT2D eigenvalue weighted by Gasteiger charge is 2.00. The summed E-state index contributed by atoms with van der Waals surface area (Å²) in [5.41, 5.74) is 4.14. The van der Waals surface area contributed by atoms with Gasteiger partial charge >= 0.3 is 0 Å². The van der Waals surface area contributed by atoms with Gasteiger partial charge in [-0.1, -0.05) is 12.1 Å². The molecule has 0 aliphatic heterocycles. The molecule has 0 fully saturated rings. The average Bonchev–Trinajstić information content (AvgIpc) is 2.60. The van der Waals surface area contributed by atoms with Crippen molar-refractivity contribution in [1.29, 1.82) is 0 Å². The van der Waals surface area contributed by atoms with Crippen LogP contribution in [0.3, 0.4) is 0 Å². The van der Waals surface area contributed by atoms with Crippen LogP contribution in [0.5, 0.6) is 11.5 Å². The van der Waals surface area contributed by atoms with Crippen LogP contribution in [0.15, 0.2) is 53.6 Å². The fourth-order valence-corrected chi connectivity index (χ4v) is 1.83. The van der Waals surface area contributed by atoms with Crippen molar-refractivity contribution >= 4 is 17.8 Å². The van der Waals surface area contributed by atoms with E-state index in [1.807, 2.05) is 48.5 Å². The number of methoxy groups -OCH3 is 2. The van der Waals surface area contributed by atoms with E-state index in [2.05, 4.69) is 15.8 Å². The number of amides is 1. The zero-order chi connectivity index (χ0) is 16.5. The topological polar surface area (TPSA) is 72.0 Å². The van der Waals surface area contributed by atoms with Crippen LogP contribution in [0.1, 0.15) is 5.56 Å². The number of benzene rings is 2. The smallest absolute Gasteiger partial charge is 0.259 e. The standard InChI is InChI=1S/C17H19N3O3/c1-22-15-8-6-14(7-9-15)18-12-17(21)20-19-11-13-4-3-5-16(10-13)23-2/h3-11,18H,12H2,1-2H3,(H,20,21)/b19-11-. The Morgan fingerprint density at radius 1 is 1.09 bits per heavy atom. The molecule has 0 aromatic heterocycles. The maximum absolute atomic E-state index is 11.7. The van der Waals surface area contributed by atoms with Crippen molar-refractivity contribution in [3.8, 4) is 11.5 Å². The number of hydrazone groups is 1. The van der Waals surface area contributed by atoms with E-state index in [9.17, 15) is 4.79 Å². The van der Waals surface area contributed by atoms with Crippen LogP contribution >= 0.6 is 0 Å². The van der Waals surface area contributed by atoms with Gasteiger partial charge in [0.2, 0.25) is 0 Å². The number of rotatable bonds is 7. The van der Waals surface area contributed by atoms with Gasteiger partial charge in [-0.25, -0.2) is 5.43 Å². The van der Waals surface area contributed by atoms with E-state index in [0.717, 1.165) is 22.7 Å². The van der Waals surface area contributed by atoms with Crippen molar-refractivity contribution in [3.63, 3.8) is 0 Å². The van der Waals surface area contributed by atoms with Gasteiger partial charge < -0.3 is 14.8 Å². The maximum atomic E-state index is 11.7. The second-order valence-electron chi connectivity index (χ2n) is 4.65. The largest absolute Gasteiger partial charge is 0.497 e. The van der Waals surface area contributed by atoms with Gasteiger partial charge in [-0.05, 0) is 42.0 Å². The van der Waals surface area contributed by atoms with Crippen LogP contribution in [0.25, 0.3) is 0 Å². The highest BCUT2D eigenvalue weighted by molar-refractivity contribution is 5.84. The molecule has 0 unspecified atom stereocenters. The van der Waals surface area contributed by atoms with Crippen LogP contribution in [0.4, 0.5) is 5.69 Å². The van der Waals surface area contributed by atoms with Crippen LogP contribution in [0, 0.1) is 0 Å². The molecule has 0 radical (unpaired) electrons. The van der Waals surface area contributed by atoms with Gasteiger partial charge in [0, 0.05) is 5.69 Å². The van der Waals surface area contributed by atoms with E-state index in [1.165, 1.54) is 0 Å². The lowest BCUT2D eigenvalue weighted by atomic mass is 10.2. The molecule has 2 N–H and O–H groups in total. The fourth-order valence-electron chi connectivity index (χ4n) is 1.83. The Morgan fingerprint density at radius 2 is 1.83 bits per heavy atom. The number of nitrogens with zero attached hydrogens (tertiary/aromatic N) is 1. The number of nitrogens with one attached hydrogen (secondary N) is 2. The van der Waals surface area contributed by atoms with E-state index in [0.29, 0.717) is 0 Å². The molecule has 0 atom stereocenters. The molecule has 2 rings (SSSR count). The van der Waals surface area contributed by atoms with Crippen molar-refractivity contribution in [2.75, 3.05) is 26.1 Å². The number of carbonyl (C=O) groups excluding carboxylic acids is 1. The summed E-state index contributed by atoms with van der Waals surface area (Å²) in [6, 6.07) is 14.7. The molecule has 23 heavy (non-hydrogen) atoms. The number of ether oxygens (including phenoxy) is 2. The Morgan fingerprint density at radius 3 is 2.52 bits per heavy atom. The van der Waals surface area contributed by atoms with E-state index in [4.69, 9.17) is 9.47 Å². The van der Waals surface area contributed by atoms with Crippen molar-refractivity contribution < 1.29 is 14.3 Å². The SMILES string of the molecule is COc1ccc(NCC(=O)N/N=C\c2cccc(OC)c2)cc1. The second kappa shape index (κ2) is 8.43. The van der Waals surface area contributed by atoms with Gasteiger partial charge in [0.05, 0.1) is 27.0 Å². The highest BCUT2D eigenvalue weighted by atomic mass is 16.5. The van der Waals surface area contributed by atoms with Gasteiger partial charge in [-0.3, -0.25) is 4.79 Å². The molecule has 0 bridgehead atoms. The molecular weight excluding hydrogens is 294 g/mol. The zero-order valence-corrected chi connectivity index (χ0v) is 13.1. The van der Waals surface area contributed by atoms with E-state index < -0.39 is 0 Å². The predicted molar refractivity (Wildman–Crippen MR) is 90.2 cm³/mol. The van der Waals surface area contributed by atoms with E-state index in [-0.39, 0.29) is 12.5 Å². The first-order valence-corrected chi connectivity index (χ1v) is 7.05. The summed E-state index contributed by atoms with van der Waals surface area (Å²) in [7, 11) is 3.21. The number of anilines is 1. The molecule has 0 aliphatic rings. The summed E-state index contributed by atoms with van der Waals surface area (Å²) < 4.78 is 10.2. The van der Waals surface area contributed by atoms with Crippen molar-refractivity contribution in [2.45, 2.75) is 0 Å². The third-order valence-corrected chi connectivity index (χ3v) is 3.04. The molecule has 6 heteroatoms. The Kier molecular flexibility index (Phi) is 5.99. The molecule has 1 amide bonds. The molecule has 0 spiro atoms. The molecular formula is C17H19N3O3. The lowest BCUT2D eigenvalue weighted by molar-refractivity contribution is -0.119. The van der Waals surface area contributed by atoms with Crippen LogP contribution < -0.4 is 20.2 Å². The number of carbonyl (C=O) groups is 1. The third kappa shape index (κ3) is 5.35. The molecule has 2 aromatic carbocycles. The maximum Gasteiger partial charge on any atom is 0.259 e. The Hall–Kier alpha value is -3.02. The van der Waals surface area contributed by atoms with Crippen molar-refractivity contribution in [1.82, 2.24) is 5.43 Å². The Balaban J connectivity index is 1.78. The van der Waals surface area contributed by atoms with E-state index >= 15 is 0 Å². The Bertz CT molecular complexity index is 669. The summed E-state index contributed by atoms with van der Waals surface area (Å²) in [5.74, 6) is 1.27. The molecule has 6 nitrogen and oxygen atoms in total. The van der Waals surface area contributed by atoms with Gasteiger partial charge in [0.1, 0.15) is 11.5 Å². The van der Waals surface area contributed by atoms with Crippen LogP contribution in [0.2, 0.25) is 0 Å². The normalized spacial score (nSPS) is 10.3. The third-order valence-electron chi connectivity index (χ3n) is 3.04. The van der Waals surface area contributed by atoms with Crippen LogP contribution in [-0.2, 0) is 4.79 Å². The van der Waals surface area contributed by atoms with Gasteiger partial charge in [0.25, 0.3) is 5.91 Å². The number of hydrogen-bond acceptors (Lipinski definition) is 5. The quantitative estimate of drug-likeness (QED) is 0.607. The molecule has 120 valence electrons. The van der Waals surface area contributed by atoms with Gasteiger partial charge in [-0.2, -0.15) is 5.10 Å². The molecule has 0 heterocycles. The number of hydrogen-bond donors (Lipinski definition) is 2. The van der Waals surface area contributed by atoms with Crippen molar-refractivity contribution in [3.05, 3.63) is 54.1 Å². The average molecular weight is 313 g/mol.